The Morgan fingerprint density at radius 1 is 0.970 bits per heavy atom. The molecule has 2 aromatic heterocycles. The van der Waals surface area contributed by atoms with Crippen molar-refractivity contribution in [3.8, 4) is 0 Å². The molecule has 0 fully saturated rings. The molecule has 0 atom stereocenters. The molecule has 4 aromatic rings. The van der Waals surface area contributed by atoms with Crippen molar-refractivity contribution >= 4 is 68.0 Å². The van der Waals surface area contributed by atoms with Crippen molar-refractivity contribution in [2.24, 2.45) is 0 Å². The molecule has 2 aromatic carbocycles. The van der Waals surface area contributed by atoms with Gasteiger partial charge < -0.3 is 10.6 Å². The van der Waals surface area contributed by atoms with E-state index in [2.05, 4.69) is 48.9 Å². The van der Waals surface area contributed by atoms with Gasteiger partial charge in [0.25, 0.3) is 0 Å². The molecular formula is C23H21BrCl2N6S. The Morgan fingerprint density at radius 3 is 2.45 bits per heavy atom. The molecule has 0 saturated carbocycles. The summed E-state index contributed by atoms with van der Waals surface area (Å²) in [5, 5.41) is 17.1. The highest BCUT2D eigenvalue weighted by molar-refractivity contribution is 9.10. The summed E-state index contributed by atoms with van der Waals surface area (Å²) in [6, 6.07) is 15.8. The van der Waals surface area contributed by atoms with Gasteiger partial charge in [0.15, 0.2) is 10.9 Å². The van der Waals surface area contributed by atoms with Crippen LogP contribution in [0.5, 0.6) is 0 Å². The highest BCUT2D eigenvalue weighted by Gasteiger charge is 2.15. The predicted octanol–water partition coefficient (Wildman–Crippen LogP) is 6.67. The molecule has 0 aliphatic carbocycles. The lowest BCUT2D eigenvalue weighted by Gasteiger charge is -2.10. The minimum atomic E-state index is 0.431. The number of thiocarbonyl (C=S) groups is 1. The molecule has 0 aliphatic rings. The zero-order chi connectivity index (χ0) is 23.5. The van der Waals surface area contributed by atoms with Crippen LogP contribution < -0.4 is 10.6 Å². The summed E-state index contributed by atoms with van der Waals surface area (Å²) in [5.41, 5.74) is 4.94. The lowest BCUT2D eigenvalue weighted by atomic mass is 10.2. The summed E-state index contributed by atoms with van der Waals surface area (Å²) in [7, 11) is 0. The molecule has 0 radical (unpaired) electrons. The summed E-state index contributed by atoms with van der Waals surface area (Å²) in [4.78, 5) is 0. The molecule has 2 N–H and O–H groups in total. The lowest BCUT2D eigenvalue weighted by molar-refractivity contribution is 0.659. The third-order valence-corrected chi connectivity index (χ3v) is 6.60. The topological polar surface area (TPSA) is 59.7 Å². The van der Waals surface area contributed by atoms with Crippen LogP contribution in [0.15, 0.2) is 59.2 Å². The number of anilines is 2. The van der Waals surface area contributed by atoms with E-state index in [1.165, 1.54) is 5.56 Å². The lowest BCUT2D eigenvalue weighted by Crippen LogP contribution is -2.20. The van der Waals surface area contributed by atoms with Gasteiger partial charge in [0.05, 0.1) is 44.7 Å². The summed E-state index contributed by atoms with van der Waals surface area (Å²) in [6.07, 6.45) is 1.88. The Balaban J connectivity index is 1.43. The SMILES string of the molecule is Cc1nn(Cc2ccccc2)c(C)c1NC(=S)Nc1nn(Cc2ccc(Cl)c(Cl)c2)cc1Br. The number of halogens is 3. The van der Waals surface area contributed by atoms with Crippen molar-refractivity contribution in [1.82, 2.24) is 19.6 Å². The number of hydrogen-bond donors (Lipinski definition) is 2. The molecular weight excluding hydrogens is 543 g/mol. The second-order valence-electron chi connectivity index (χ2n) is 7.54. The van der Waals surface area contributed by atoms with Crippen LogP contribution in [0.2, 0.25) is 10.0 Å². The van der Waals surface area contributed by atoms with E-state index in [-0.39, 0.29) is 0 Å². The highest BCUT2D eigenvalue weighted by atomic mass is 79.9. The van der Waals surface area contributed by atoms with E-state index in [4.69, 9.17) is 35.4 Å². The fourth-order valence-corrected chi connectivity index (χ4v) is 4.36. The van der Waals surface area contributed by atoms with E-state index in [0.29, 0.717) is 34.1 Å². The van der Waals surface area contributed by atoms with Gasteiger partial charge in [-0.2, -0.15) is 10.2 Å². The van der Waals surface area contributed by atoms with E-state index in [1.54, 1.807) is 10.7 Å². The van der Waals surface area contributed by atoms with Crippen molar-refractivity contribution in [3.63, 3.8) is 0 Å². The Morgan fingerprint density at radius 2 is 1.73 bits per heavy atom. The van der Waals surface area contributed by atoms with Gasteiger partial charge in [-0.3, -0.25) is 9.36 Å². The summed E-state index contributed by atoms with van der Waals surface area (Å²) in [6.45, 7) is 5.22. The molecule has 170 valence electrons. The van der Waals surface area contributed by atoms with Crippen molar-refractivity contribution in [1.29, 1.82) is 0 Å². The van der Waals surface area contributed by atoms with E-state index >= 15 is 0 Å². The maximum absolute atomic E-state index is 6.12. The number of rotatable bonds is 6. The van der Waals surface area contributed by atoms with Crippen molar-refractivity contribution < 1.29 is 0 Å². The maximum atomic E-state index is 6.12. The Hall–Kier alpha value is -2.39. The minimum Gasteiger partial charge on any atom is -0.329 e. The van der Waals surface area contributed by atoms with Crippen LogP contribution in [0.25, 0.3) is 0 Å². The van der Waals surface area contributed by atoms with Crippen LogP contribution in [0.3, 0.4) is 0 Å². The summed E-state index contributed by atoms with van der Waals surface area (Å²) in [5.74, 6) is 0.611. The van der Waals surface area contributed by atoms with Gasteiger partial charge in [0.2, 0.25) is 0 Å². The van der Waals surface area contributed by atoms with Crippen LogP contribution in [0, 0.1) is 13.8 Å². The summed E-state index contributed by atoms with van der Waals surface area (Å²) < 4.78 is 4.56. The minimum absolute atomic E-state index is 0.431. The van der Waals surface area contributed by atoms with Gasteiger partial charge in [0.1, 0.15) is 0 Å². The van der Waals surface area contributed by atoms with E-state index in [1.807, 2.05) is 55.1 Å². The standard InChI is InChI=1S/C23H21BrCl2N6S/c1-14-21(15(2)32(29-14)12-16-6-4-3-5-7-16)27-23(33)28-22-18(24)13-31(30-22)11-17-8-9-19(25)20(26)10-17/h3-10,13H,11-12H2,1-2H3,(H2,27,28,30,33). The van der Waals surface area contributed by atoms with Crippen LogP contribution in [0.1, 0.15) is 22.5 Å². The zero-order valence-corrected chi connectivity index (χ0v) is 21.9. The second-order valence-corrected chi connectivity index (χ2v) is 9.62. The molecule has 33 heavy (non-hydrogen) atoms. The number of nitrogens with one attached hydrogen (secondary N) is 2. The molecule has 0 aliphatic heterocycles. The molecule has 2 heterocycles. The first kappa shape index (κ1) is 23.8. The predicted molar refractivity (Wildman–Crippen MR) is 143 cm³/mol. The maximum Gasteiger partial charge on any atom is 0.176 e. The first-order chi connectivity index (χ1) is 15.8. The van der Waals surface area contributed by atoms with Crippen molar-refractivity contribution in [2.45, 2.75) is 26.9 Å². The number of aromatic nitrogens is 4. The van der Waals surface area contributed by atoms with Gasteiger partial charge in [-0.1, -0.05) is 59.6 Å². The number of nitrogens with zero attached hydrogens (tertiary/aromatic N) is 4. The Labute approximate surface area is 216 Å². The fourth-order valence-electron chi connectivity index (χ4n) is 3.43. The van der Waals surface area contributed by atoms with E-state index in [0.717, 1.165) is 27.1 Å². The van der Waals surface area contributed by atoms with Crippen LogP contribution in [-0.2, 0) is 13.1 Å². The smallest absolute Gasteiger partial charge is 0.176 e. The van der Waals surface area contributed by atoms with Gasteiger partial charge >= 0.3 is 0 Å². The first-order valence-corrected chi connectivity index (χ1v) is 12.1. The molecule has 0 unspecified atom stereocenters. The highest BCUT2D eigenvalue weighted by Crippen LogP contribution is 2.25. The molecule has 0 saturated heterocycles. The molecule has 4 rings (SSSR count). The second kappa shape index (κ2) is 10.3. The number of hydrogen-bond acceptors (Lipinski definition) is 3. The first-order valence-electron chi connectivity index (χ1n) is 10.1. The third kappa shape index (κ3) is 5.76. The molecule has 10 heteroatoms. The zero-order valence-electron chi connectivity index (χ0n) is 17.9. The normalized spacial score (nSPS) is 10.9. The van der Waals surface area contributed by atoms with Crippen LogP contribution >= 0.6 is 51.3 Å². The third-order valence-electron chi connectivity index (χ3n) is 5.07. The quantitative estimate of drug-likeness (QED) is 0.256. The average Bonchev–Trinajstić information content (AvgIpc) is 3.24. The largest absolute Gasteiger partial charge is 0.329 e. The molecule has 0 bridgehead atoms. The van der Waals surface area contributed by atoms with Gasteiger partial charge in [-0.15, -0.1) is 0 Å². The fraction of sp³-hybridized carbons (Fsp3) is 0.174. The van der Waals surface area contributed by atoms with Gasteiger partial charge in [0, 0.05) is 6.20 Å². The van der Waals surface area contributed by atoms with Crippen LogP contribution in [0.4, 0.5) is 11.5 Å². The summed E-state index contributed by atoms with van der Waals surface area (Å²) >= 11 is 21.2. The van der Waals surface area contributed by atoms with E-state index in [9.17, 15) is 0 Å². The Kier molecular flexibility index (Phi) is 7.38. The molecule has 0 spiro atoms. The Bertz CT molecular complexity index is 1300. The van der Waals surface area contributed by atoms with Gasteiger partial charge in [-0.25, -0.2) is 0 Å². The number of aryl methyl sites for hydroxylation is 1. The van der Waals surface area contributed by atoms with Gasteiger partial charge in [-0.05, 0) is 65.3 Å². The molecule has 0 amide bonds. The van der Waals surface area contributed by atoms with Crippen molar-refractivity contribution in [3.05, 3.63) is 91.8 Å². The monoisotopic (exact) mass is 562 g/mol. The number of benzene rings is 2. The molecule has 6 nitrogen and oxygen atoms in total. The average molecular weight is 564 g/mol. The van der Waals surface area contributed by atoms with E-state index < -0.39 is 0 Å². The van der Waals surface area contributed by atoms with Crippen molar-refractivity contribution in [2.75, 3.05) is 10.6 Å². The van der Waals surface area contributed by atoms with Crippen LogP contribution in [-0.4, -0.2) is 24.7 Å².